The van der Waals surface area contributed by atoms with Gasteiger partial charge in [0.15, 0.2) is 0 Å². The Labute approximate surface area is 104 Å². The molecule has 0 aromatic carbocycles. The van der Waals surface area contributed by atoms with E-state index in [1.54, 1.807) is 0 Å². The van der Waals surface area contributed by atoms with Crippen molar-refractivity contribution >= 4 is 17.5 Å². The molecule has 0 saturated heterocycles. The fourth-order valence-corrected chi connectivity index (χ4v) is 2.42. The summed E-state index contributed by atoms with van der Waals surface area (Å²) in [4.78, 5) is 11.2. The number of carbonyl (C=O) groups excluding carboxylic acids is 1. The number of alkyl halides is 4. The molecule has 0 heterocycles. The summed E-state index contributed by atoms with van der Waals surface area (Å²) in [6.45, 7) is 0.444. The fourth-order valence-electron chi connectivity index (χ4n) is 2.01. The smallest absolute Gasteiger partial charge is 0.356 e. The second-order valence-electron chi connectivity index (χ2n) is 4.55. The van der Waals surface area contributed by atoms with Crippen molar-refractivity contribution in [2.45, 2.75) is 50.1 Å². The predicted molar refractivity (Wildman–Crippen MR) is 59.9 cm³/mol. The van der Waals surface area contributed by atoms with Gasteiger partial charge < -0.3 is 5.32 Å². The van der Waals surface area contributed by atoms with Gasteiger partial charge in [0, 0.05) is 18.3 Å². The molecule has 1 rings (SSSR count). The van der Waals surface area contributed by atoms with Crippen LogP contribution in [0.3, 0.4) is 0 Å². The molecule has 1 amide bonds. The molecule has 6 heteroatoms. The standard InChI is InChI=1S/C11H17ClF3NO/c12-9-3-1-2-8(6-9)7-16-10(17)4-5-11(13,14)15/h8-9H,1-7H2,(H,16,17). The van der Waals surface area contributed by atoms with Crippen molar-refractivity contribution < 1.29 is 18.0 Å². The van der Waals surface area contributed by atoms with Gasteiger partial charge in [-0.15, -0.1) is 11.6 Å². The molecule has 0 spiro atoms. The Morgan fingerprint density at radius 3 is 2.65 bits per heavy atom. The first-order chi connectivity index (χ1) is 7.87. The molecule has 0 aromatic heterocycles. The zero-order valence-corrected chi connectivity index (χ0v) is 10.3. The van der Waals surface area contributed by atoms with Gasteiger partial charge in [-0.2, -0.15) is 13.2 Å². The molecule has 1 aliphatic carbocycles. The lowest BCUT2D eigenvalue weighted by atomic mass is 9.89. The van der Waals surface area contributed by atoms with Gasteiger partial charge in [0.25, 0.3) is 0 Å². The van der Waals surface area contributed by atoms with Crippen molar-refractivity contribution in [3.05, 3.63) is 0 Å². The summed E-state index contributed by atoms with van der Waals surface area (Å²) < 4.78 is 35.6. The molecule has 2 nitrogen and oxygen atoms in total. The number of carbonyl (C=O) groups is 1. The Morgan fingerprint density at radius 2 is 2.06 bits per heavy atom. The number of rotatable bonds is 4. The lowest BCUT2D eigenvalue weighted by molar-refractivity contribution is -0.144. The quantitative estimate of drug-likeness (QED) is 0.782. The second-order valence-corrected chi connectivity index (χ2v) is 5.17. The minimum atomic E-state index is -4.26. The van der Waals surface area contributed by atoms with Gasteiger partial charge in [0.1, 0.15) is 0 Å². The number of hydrogen-bond donors (Lipinski definition) is 1. The number of amides is 1. The minimum Gasteiger partial charge on any atom is -0.356 e. The minimum absolute atomic E-state index is 0.140. The molecule has 1 fully saturated rings. The SMILES string of the molecule is O=C(CCC(F)(F)F)NCC1CCCC(Cl)C1. The third kappa shape index (κ3) is 6.76. The van der Waals surface area contributed by atoms with Gasteiger partial charge in [-0.05, 0) is 25.2 Å². The summed E-state index contributed by atoms with van der Waals surface area (Å²) in [6.07, 6.45) is -1.97. The third-order valence-electron chi connectivity index (χ3n) is 2.94. The average Bonchev–Trinajstić information content (AvgIpc) is 2.23. The summed E-state index contributed by atoms with van der Waals surface area (Å²) in [5.41, 5.74) is 0. The molecule has 1 aliphatic rings. The number of nitrogens with one attached hydrogen (secondary N) is 1. The molecule has 2 atom stereocenters. The van der Waals surface area contributed by atoms with Gasteiger partial charge in [-0.1, -0.05) is 6.42 Å². The van der Waals surface area contributed by atoms with E-state index in [4.69, 9.17) is 11.6 Å². The van der Waals surface area contributed by atoms with Crippen LogP contribution in [-0.2, 0) is 4.79 Å². The molecule has 0 bridgehead atoms. The Balaban J connectivity index is 2.15. The van der Waals surface area contributed by atoms with Crippen LogP contribution in [0, 0.1) is 5.92 Å². The van der Waals surface area contributed by atoms with Crippen molar-refractivity contribution in [3.63, 3.8) is 0 Å². The van der Waals surface area contributed by atoms with Crippen molar-refractivity contribution in [2.24, 2.45) is 5.92 Å². The first-order valence-corrected chi connectivity index (χ1v) is 6.28. The monoisotopic (exact) mass is 271 g/mol. The van der Waals surface area contributed by atoms with E-state index < -0.39 is 24.9 Å². The lowest BCUT2D eigenvalue weighted by Gasteiger charge is -2.25. The van der Waals surface area contributed by atoms with Crippen LogP contribution >= 0.6 is 11.6 Å². The van der Waals surface area contributed by atoms with Gasteiger partial charge in [-0.3, -0.25) is 4.79 Å². The van der Waals surface area contributed by atoms with Gasteiger partial charge in [0.05, 0.1) is 6.42 Å². The van der Waals surface area contributed by atoms with Crippen LogP contribution < -0.4 is 5.32 Å². The highest BCUT2D eigenvalue weighted by Gasteiger charge is 2.28. The van der Waals surface area contributed by atoms with Crippen molar-refractivity contribution in [2.75, 3.05) is 6.54 Å². The van der Waals surface area contributed by atoms with E-state index in [1.807, 2.05) is 0 Å². The van der Waals surface area contributed by atoms with E-state index in [9.17, 15) is 18.0 Å². The average molecular weight is 272 g/mol. The van der Waals surface area contributed by atoms with Crippen LogP contribution in [0.5, 0.6) is 0 Å². The molecule has 100 valence electrons. The van der Waals surface area contributed by atoms with Crippen LogP contribution in [0.1, 0.15) is 38.5 Å². The molecule has 0 aliphatic heterocycles. The Morgan fingerprint density at radius 1 is 1.35 bits per heavy atom. The summed E-state index contributed by atoms with van der Waals surface area (Å²) in [5, 5.41) is 2.69. The van der Waals surface area contributed by atoms with E-state index in [-0.39, 0.29) is 5.38 Å². The zero-order chi connectivity index (χ0) is 12.9. The largest absolute Gasteiger partial charge is 0.389 e. The molecule has 2 unspecified atom stereocenters. The first kappa shape index (κ1) is 14.6. The fraction of sp³-hybridized carbons (Fsp3) is 0.909. The maximum atomic E-state index is 11.9. The summed E-state index contributed by atoms with van der Waals surface area (Å²) in [5.74, 6) is -0.222. The summed E-state index contributed by atoms with van der Waals surface area (Å²) in [6, 6.07) is 0. The van der Waals surface area contributed by atoms with Crippen molar-refractivity contribution in [3.8, 4) is 0 Å². The summed E-state index contributed by atoms with van der Waals surface area (Å²) in [7, 11) is 0. The highest BCUT2D eigenvalue weighted by atomic mass is 35.5. The Bertz CT molecular complexity index is 258. The molecule has 1 N–H and O–H groups in total. The van der Waals surface area contributed by atoms with Crippen LogP contribution in [0.4, 0.5) is 13.2 Å². The molecular weight excluding hydrogens is 255 g/mol. The van der Waals surface area contributed by atoms with Gasteiger partial charge >= 0.3 is 6.18 Å². The maximum absolute atomic E-state index is 11.9. The zero-order valence-electron chi connectivity index (χ0n) is 9.52. The summed E-state index contributed by atoms with van der Waals surface area (Å²) >= 11 is 5.99. The van der Waals surface area contributed by atoms with Crippen LogP contribution in [0.25, 0.3) is 0 Å². The van der Waals surface area contributed by atoms with Crippen molar-refractivity contribution in [1.82, 2.24) is 5.32 Å². The van der Waals surface area contributed by atoms with Gasteiger partial charge in [0.2, 0.25) is 5.91 Å². The van der Waals surface area contributed by atoms with Crippen LogP contribution in [0.2, 0.25) is 0 Å². The number of halogens is 4. The van der Waals surface area contributed by atoms with Gasteiger partial charge in [-0.25, -0.2) is 0 Å². The Hall–Kier alpha value is -0.450. The second kappa shape index (κ2) is 6.47. The Kier molecular flexibility index (Phi) is 5.56. The van der Waals surface area contributed by atoms with E-state index in [0.29, 0.717) is 12.5 Å². The first-order valence-electron chi connectivity index (χ1n) is 5.84. The van der Waals surface area contributed by atoms with Crippen molar-refractivity contribution in [1.29, 1.82) is 0 Å². The maximum Gasteiger partial charge on any atom is 0.389 e. The van der Waals surface area contributed by atoms with E-state index in [1.165, 1.54) is 0 Å². The predicted octanol–water partition coefficient (Wildman–Crippen LogP) is 3.24. The molecule has 0 aromatic rings. The molecule has 1 saturated carbocycles. The molecule has 0 radical (unpaired) electrons. The third-order valence-corrected chi connectivity index (χ3v) is 3.34. The highest BCUT2D eigenvalue weighted by Crippen LogP contribution is 2.27. The van der Waals surface area contributed by atoms with E-state index >= 15 is 0 Å². The normalized spacial score (nSPS) is 25.6. The van der Waals surface area contributed by atoms with Crippen LogP contribution in [-0.4, -0.2) is 24.0 Å². The lowest BCUT2D eigenvalue weighted by Crippen LogP contribution is -2.32. The number of hydrogen-bond acceptors (Lipinski definition) is 1. The molecular formula is C11H17ClF3NO. The highest BCUT2D eigenvalue weighted by molar-refractivity contribution is 6.20. The van der Waals surface area contributed by atoms with E-state index in [0.717, 1.165) is 25.7 Å². The topological polar surface area (TPSA) is 29.1 Å². The molecule has 17 heavy (non-hydrogen) atoms. The van der Waals surface area contributed by atoms with E-state index in [2.05, 4.69) is 5.32 Å². The van der Waals surface area contributed by atoms with Crippen LogP contribution in [0.15, 0.2) is 0 Å².